The molecule has 3 nitrogen and oxygen atoms in total. The average molecular weight is 220 g/mol. The van der Waals surface area contributed by atoms with E-state index < -0.39 is 0 Å². The molecule has 0 spiro atoms. The lowest BCUT2D eigenvalue weighted by Crippen LogP contribution is -2.26. The fourth-order valence-electron chi connectivity index (χ4n) is 1.57. The normalized spacial score (nSPS) is 9.88. The molecule has 3 heteroatoms. The van der Waals surface area contributed by atoms with Gasteiger partial charge in [-0.25, -0.2) is 0 Å². The Balaban J connectivity index is 2.70. The number of hydrogen-bond donors (Lipinski definition) is 1. The van der Waals surface area contributed by atoms with Gasteiger partial charge in [-0.2, -0.15) is 0 Å². The number of rotatable bonds is 6. The number of benzene rings is 1. The molecule has 0 saturated carbocycles. The van der Waals surface area contributed by atoms with Gasteiger partial charge in [0.25, 0.3) is 0 Å². The van der Waals surface area contributed by atoms with Gasteiger partial charge in [-0.1, -0.05) is 6.58 Å². The fourth-order valence-corrected chi connectivity index (χ4v) is 1.57. The first-order chi connectivity index (χ1) is 7.69. The van der Waals surface area contributed by atoms with E-state index in [1.807, 2.05) is 19.1 Å². The van der Waals surface area contributed by atoms with E-state index in [9.17, 15) is 0 Å². The molecular formula is C13H20N2O. The summed E-state index contributed by atoms with van der Waals surface area (Å²) >= 11 is 0. The quantitative estimate of drug-likeness (QED) is 0.455. The van der Waals surface area contributed by atoms with E-state index >= 15 is 0 Å². The second-order valence-corrected chi connectivity index (χ2v) is 3.66. The Labute approximate surface area is 97.5 Å². The van der Waals surface area contributed by atoms with Crippen LogP contribution in [0.1, 0.15) is 12.5 Å². The number of nitrogen functional groups attached to an aromatic ring is 1. The summed E-state index contributed by atoms with van der Waals surface area (Å²) in [7, 11) is 0. The summed E-state index contributed by atoms with van der Waals surface area (Å²) in [5, 5.41) is 0. The highest BCUT2D eigenvalue weighted by atomic mass is 16.5. The van der Waals surface area contributed by atoms with Gasteiger partial charge in [0.2, 0.25) is 0 Å². The molecule has 0 amide bonds. The molecule has 1 aromatic carbocycles. The molecule has 0 aliphatic rings. The fraction of sp³-hybridized carbons (Fsp3) is 0.385. The maximum absolute atomic E-state index is 5.80. The highest BCUT2D eigenvalue weighted by Gasteiger charge is 2.05. The number of nitrogens with two attached hydrogens (primary N) is 1. The van der Waals surface area contributed by atoms with Crippen molar-refractivity contribution in [3.05, 3.63) is 36.6 Å². The van der Waals surface area contributed by atoms with E-state index in [4.69, 9.17) is 10.5 Å². The Morgan fingerprint density at radius 2 is 2.25 bits per heavy atom. The molecule has 0 aromatic heterocycles. The number of aryl methyl sites for hydroxylation is 1. The summed E-state index contributed by atoms with van der Waals surface area (Å²) in [6.45, 7) is 10.1. The number of nitrogens with zero attached hydrogens (tertiary/aromatic N) is 1. The van der Waals surface area contributed by atoms with E-state index in [0.29, 0.717) is 6.61 Å². The first kappa shape index (κ1) is 12.4. The summed E-state index contributed by atoms with van der Waals surface area (Å²) in [6, 6.07) is 6.09. The van der Waals surface area contributed by atoms with Gasteiger partial charge >= 0.3 is 0 Å². The second kappa shape index (κ2) is 6.05. The zero-order valence-corrected chi connectivity index (χ0v) is 10.1. The third kappa shape index (κ3) is 3.19. The van der Waals surface area contributed by atoms with Crippen LogP contribution >= 0.6 is 0 Å². The SMILES string of the molecule is C=COCCN(CC)c1ccc(N)c(C)c1. The van der Waals surface area contributed by atoms with E-state index in [1.165, 1.54) is 11.9 Å². The Hall–Kier alpha value is -1.64. The first-order valence-electron chi connectivity index (χ1n) is 5.52. The van der Waals surface area contributed by atoms with Gasteiger partial charge in [0.05, 0.1) is 12.8 Å². The Morgan fingerprint density at radius 1 is 1.50 bits per heavy atom. The lowest BCUT2D eigenvalue weighted by molar-refractivity contribution is 0.258. The van der Waals surface area contributed by atoms with Gasteiger partial charge in [-0.3, -0.25) is 0 Å². The zero-order chi connectivity index (χ0) is 12.0. The van der Waals surface area contributed by atoms with Gasteiger partial charge < -0.3 is 15.4 Å². The van der Waals surface area contributed by atoms with Gasteiger partial charge in [0.1, 0.15) is 6.61 Å². The molecule has 1 rings (SSSR count). The molecule has 16 heavy (non-hydrogen) atoms. The van der Waals surface area contributed by atoms with Crippen LogP contribution in [0.3, 0.4) is 0 Å². The lowest BCUT2D eigenvalue weighted by atomic mass is 10.1. The van der Waals surface area contributed by atoms with E-state index in [2.05, 4.69) is 24.5 Å². The van der Waals surface area contributed by atoms with Crippen molar-refractivity contribution in [3.63, 3.8) is 0 Å². The molecule has 0 unspecified atom stereocenters. The molecule has 0 aliphatic heterocycles. The largest absolute Gasteiger partial charge is 0.500 e. The first-order valence-corrected chi connectivity index (χ1v) is 5.52. The van der Waals surface area contributed by atoms with Crippen molar-refractivity contribution in [2.75, 3.05) is 30.3 Å². The summed E-state index contributed by atoms with van der Waals surface area (Å²) < 4.78 is 5.14. The minimum Gasteiger partial charge on any atom is -0.500 e. The highest BCUT2D eigenvalue weighted by molar-refractivity contribution is 5.57. The smallest absolute Gasteiger partial charge is 0.105 e. The monoisotopic (exact) mass is 220 g/mol. The molecule has 88 valence electrons. The third-order valence-electron chi connectivity index (χ3n) is 2.60. The minimum atomic E-state index is 0.654. The van der Waals surface area contributed by atoms with Crippen molar-refractivity contribution < 1.29 is 4.74 Å². The van der Waals surface area contributed by atoms with Crippen LogP contribution < -0.4 is 10.6 Å². The van der Waals surface area contributed by atoms with Crippen LogP contribution in [0.5, 0.6) is 0 Å². The van der Waals surface area contributed by atoms with Crippen molar-refractivity contribution in [1.29, 1.82) is 0 Å². The van der Waals surface area contributed by atoms with Crippen LogP contribution in [-0.4, -0.2) is 19.7 Å². The van der Waals surface area contributed by atoms with Crippen LogP contribution in [0.25, 0.3) is 0 Å². The molecule has 0 radical (unpaired) electrons. The predicted molar refractivity (Wildman–Crippen MR) is 69.6 cm³/mol. The van der Waals surface area contributed by atoms with E-state index in [1.54, 1.807) is 0 Å². The Bertz CT molecular complexity index is 350. The standard InChI is InChI=1S/C13H20N2O/c1-4-15(8-9-16-5-2)12-6-7-13(14)11(3)10-12/h5-7,10H,2,4,8-9,14H2,1,3H3. The minimum absolute atomic E-state index is 0.654. The van der Waals surface area contributed by atoms with E-state index in [-0.39, 0.29) is 0 Å². The molecule has 0 bridgehead atoms. The molecule has 0 saturated heterocycles. The van der Waals surface area contributed by atoms with Crippen molar-refractivity contribution in [2.45, 2.75) is 13.8 Å². The molecule has 2 N–H and O–H groups in total. The summed E-state index contributed by atoms with van der Waals surface area (Å²) in [4.78, 5) is 2.25. The number of anilines is 2. The third-order valence-corrected chi connectivity index (χ3v) is 2.60. The average Bonchev–Trinajstić information content (AvgIpc) is 2.29. The Morgan fingerprint density at radius 3 is 2.81 bits per heavy atom. The zero-order valence-electron chi connectivity index (χ0n) is 10.1. The van der Waals surface area contributed by atoms with Crippen LogP contribution in [0, 0.1) is 6.92 Å². The summed E-state index contributed by atoms with van der Waals surface area (Å²) in [6.07, 6.45) is 1.47. The van der Waals surface area contributed by atoms with Crippen LogP contribution in [0.4, 0.5) is 11.4 Å². The second-order valence-electron chi connectivity index (χ2n) is 3.66. The summed E-state index contributed by atoms with van der Waals surface area (Å²) in [5.74, 6) is 0. The van der Waals surface area contributed by atoms with Crippen molar-refractivity contribution in [1.82, 2.24) is 0 Å². The van der Waals surface area contributed by atoms with Crippen molar-refractivity contribution in [3.8, 4) is 0 Å². The molecule has 0 heterocycles. The molecular weight excluding hydrogens is 200 g/mol. The number of hydrogen-bond acceptors (Lipinski definition) is 3. The van der Waals surface area contributed by atoms with Crippen LogP contribution in [-0.2, 0) is 4.74 Å². The number of ether oxygens (including phenoxy) is 1. The van der Waals surface area contributed by atoms with Crippen molar-refractivity contribution in [2.24, 2.45) is 0 Å². The molecule has 0 fully saturated rings. The molecule has 0 atom stereocenters. The van der Waals surface area contributed by atoms with E-state index in [0.717, 1.165) is 24.3 Å². The topological polar surface area (TPSA) is 38.5 Å². The van der Waals surface area contributed by atoms with Crippen molar-refractivity contribution >= 4 is 11.4 Å². The van der Waals surface area contributed by atoms with Gasteiger partial charge in [-0.15, -0.1) is 0 Å². The Kier molecular flexibility index (Phi) is 4.70. The maximum atomic E-state index is 5.80. The number of likely N-dealkylation sites (N-methyl/N-ethyl adjacent to an activating group) is 1. The molecule has 1 aromatic rings. The van der Waals surface area contributed by atoms with Gasteiger partial charge in [0.15, 0.2) is 0 Å². The maximum Gasteiger partial charge on any atom is 0.105 e. The predicted octanol–water partition coefficient (Wildman–Crippen LogP) is 2.56. The lowest BCUT2D eigenvalue weighted by Gasteiger charge is -2.23. The van der Waals surface area contributed by atoms with Crippen LogP contribution in [0.2, 0.25) is 0 Å². The van der Waals surface area contributed by atoms with Crippen LogP contribution in [0.15, 0.2) is 31.0 Å². The van der Waals surface area contributed by atoms with Gasteiger partial charge in [0, 0.05) is 17.9 Å². The highest BCUT2D eigenvalue weighted by Crippen LogP contribution is 2.20. The summed E-state index contributed by atoms with van der Waals surface area (Å²) in [5.41, 5.74) is 8.92. The van der Waals surface area contributed by atoms with Gasteiger partial charge in [-0.05, 0) is 37.6 Å². The molecule has 0 aliphatic carbocycles.